The summed E-state index contributed by atoms with van der Waals surface area (Å²) in [4.78, 5) is 33.7. The molecule has 2 atom stereocenters. The van der Waals surface area contributed by atoms with E-state index in [4.69, 9.17) is 14.9 Å². The summed E-state index contributed by atoms with van der Waals surface area (Å²) in [6.07, 6.45) is -0.485. The van der Waals surface area contributed by atoms with E-state index < -0.39 is 29.8 Å². The number of carbonyl (C=O) groups is 3. The molecule has 1 aromatic rings. The third-order valence-electron chi connectivity index (χ3n) is 3.28. The highest BCUT2D eigenvalue weighted by atomic mass is 16.5. The van der Waals surface area contributed by atoms with Gasteiger partial charge in [0.2, 0.25) is 5.91 Å². The summed E-state index contributed by atoms with van der Waals surface area (Å²) in [7, 11) is 0. The minimum atomic E-state index is -1.25. The van der Waals surface area contributed by atoms with Crippen LogP contribution in [0.5, 0.6) is 5.75 Å². The van der Waals surface area contributed by atoms with Crippen molar-refractivity contribution in [3.63, 3.8) is 0 Å². The Hall–Kier alpha value is -2.57. The van der Waals surface area contributed by atoms with Crippen molar-refractivity contribution in [3.8, 4) is 5.75 Å². The van der Waals surface area contributed by atoms with Gasteiger partial charge in [-0.2, -0.15) is 0 Å². The first-order valence-corrected chi connectivity index (χ1v) is 6.45. The van der Waals surface area contributed by atoms with Gasteiger partial charge in [0.1, 0.15) is 24.3 Å². The Morgan fingerprint density at radius 1 is 1.29 bits per heavy atom. The summed E-state index contributed by atoms with van der Waals surface area (Å²) in [6.45, 7) is 0.149. The fourth-order valence-electron chi connectivity index (χ4n) is 2.18. The van der Waals surface area contributed by atoms with Crippen LogP contribution in [0.1, 0.15) is 24.3 Å². The highest BCUT2D eigenvalue weighted by Crippen LogP contribution is 2.33. The second kappa shape index (κ2) is 6.25. The van der Waals surface area contributed by atoms with Gasteiger partial charge in [0.15, 0.2) is 0 Å². The number of carboxylic acid groups (broad SMARTS) is 2. The molecule has 1 amide bonds. The molecule has 0 fully saturated rings. The van der Waals surface area contributed by atoms with Gasteiger partial charge in [0.25, 0.3) is 0 Å². The lowest BCUT2D eigenvalue weighted by Crippen LogP contribution is -2.43. The number of hydrogen-bond donors (Lipinski definition) is 3. The van der Waals surface area contributed by atoms with Crippen LogP contribution >= 0.6 is 0 Å². The first-order chi connectivity index (χ1) is 9.99. The molecular formula is C14H15NO6. The maximum atomic E-state index is 12.2. The fourth-order valence-corrected chi connectivity index (χ4v) is 2.18. The SMILES string of the molecule is O=C(O)CCC(NC(=O)C1COc2ccccc21)C(=O)O. The van der Waals surface area contributed by atoms with Crippen LogP contribution in [-0.4, -0.2) is 40.7 Å². The van der Waals surface area contributed by atoms with Crippen molar-refractivity contribution in [3.05, 3.63) is 29.8 Å². The lowest BCUT2D eigenvalue weighted by atomic mass is 10.00. The topological polar surface area (TPSA) is 113 Å². The molecule has 3 N–H and O–H groups in total. The minimum absolute atomic E-state index is 0.149. The average Bonchev–Trinajstić information content (AvgIpc) is 2.86. The number of para-hydroxylation sites is 1. The average molecular weight is 293 g/mol. The molecule has 21 heavy (non-hydrogen) atoms. The predicted molar refractivity (Wildman–Crippen MR) is 71.1 cm³/mol. The molecule has 0 saturated carbocycles. The molecule has 2 unspecified atom stereocenters. The predicted octanol–water partition coefficient (Wildman–Crippen LogP) is 0.597. The third kappa shape index (κ3) is 3.50. The van der Waals surface area contributed by atoms with Crippen LogP contribution in [0.15, 0.2) is 24.3 Å². The number of hydrogen-bond acceptors (Lipinski definition) is 4. The summed E-state index contributed by atoms with van der Waals surface area (Å²) in [5.74, 6) is -2.80. The molecule has 0 radical (unpaired) electrons. The van der Waals surface area contributed by atoms with Gasteiger partial charge in [-0.25, -0.2) is 4.79 Å². The molecule has 1 heterocycles. The molecule has 112 valence electrons. The molecule has 1 aliphatic rings. The Bertz CT molecular complexity index is 570. The van der Waals surface area contributed by atoms with Gasteiger partial charge in [-0.05, 0) is 12.5 Å². The zero-order valence-corrected chi connectivity index (χ0v) is 11.1. The van der Waals surface area contributed by atoms with Crippen molar-refractivity contribution >= 4 is 17.8 Å². The van der Waals surface area contributed by atoms with Crippen molar-refractivity contribution < 1.29 is 29.3 Å². The molecule has 7 heteroatoms. The van der Waals surface area contributed by atoms with Gasteiger partial charge in [-0.15, -0.1) is 0 Å². The molecule has 0 bridgehead atoms. The van der Waals surface area contributed by atoms with Crippen LogP contribution in [0.4, 0.5) is 0 Å². The highest BCUT2D eigenvalue weighted by Gasteiger charge is 2.32. The van der Waals surface area contributed by atoms with Crippen molar-refractivity contribution in [1.82, 2.24) is 5.32 Å². The number of benzene rings is 1. The molecule has 0 saturated heterocycles. The van der Waals surface area contributed by atoms with Gasteiger partial charge in [0.05, 0.1) is 0 Å². The van der Waals surface area contributed by atoms with E-state index in [0.717, 1.165) is 0 Å². The number of rotatable bonds is 6. The molecule has 0 aromatic heterocycles. The molecular weight excluding hydrogens is 278 g/mol. The minimum Gasteiger partial charge on any atom is -0.492 e. The number of carboxylic acids is 2. The van der Waals surface area contributed by atoms with E-state index in [1.165, 1.54) is 0 Å². The largest absolute Gasteiger partial charge is 0.492 e. The number of ether oxygens (including phenoxy) is 1. The van der Waals surface area contributed by atoms with E-state index in [2.05, 4.69) is 5.32 Å². The lowest BCUT2D eigenvalue weighted by Gasteiger charge is -2.16. The Labute approximate surface area is 120 Å². The second-order valence-corrected chi connectivity index (χ2v) is 4.73. The normalized spacial score (nSPS) is 17.4. The van der Waals surface area contributed by atoms with E-state index in [1.54, 1.807) is 24.3 Å². The van der Waals surface area contributed by atoms with Gasteiger partial charge in [0, 0.05) is 12.0 Å². The summed E-state index contributed by atoms with van der Waals surface area (Å²) in [5.41, 5.74) is 0.706. The Balaban J connectivity index is 2.03. The summed E-state index contributed by atoms with van der Waals surface area (Å²) >= 11 is 0. The summed E-state index contributed by atoms with van der Waals surface area (Å²) in [5, 5.41) is 20.0. The van der Waals surface area contributed by atoms with Crippen molar-refractivity contribution in [1.29, 1.82) is 0 Å². The lowest BCUT2D eigenvalue weighted by molar-refractivity contribution is -0.143. The molecule has 7 nitrogen and oxygen atoms in total. The van der Waals surface area contributed by atoms with Crippen molar-refractivity contribution in [2.45, 2.75) is 24.8 Å². The number of fused-ring (bicyclic) bond motifs is 1. The molecule has 0 spiro atoms. The molecule has 1 aromatic carbocycles. The summed E-state index contributed by atoms with van der Waals surface area (Å²) in [6, 6.07) is 5.82. The fraction of sp³-hybridized carbons (Fsp3) is 0.357. The number of aliphatic carboxylic acids is 2. The second-order valence-electron chi connectivity index (χ2n) is 4.73. The van der Waals surface area contributed by atoms with Crippen LogP contribution in [-0.2, 0) is 14.4 Å². The maximum Gasteiger partial charge on any atom is 0.326 e. The zero-order valence-electron chi connectivity index (χ0n) is 11.1. The Kier molecular flexibility index (Phi) is 4.42. The smallest absolute Gasteiger partial charge is 0.326 e. The van der Waals surface area contributed by atoms with E-state index in [1.807, 2.05) is 0 Å². The summed E-state index contributed by atoms with van der Waals surface area (Å²) < 4.78 is 5.37. The third-order valence-corrected chi connectivity index (χ3v) is 3.28. The number of amides is 1. The van der Waals surface area contributed by atoms with E-state index in [0.29, 0.717) is 11.3 Å². The quantitative estimate of drug-likeness (QED) is 0.707. The zero-order chi connectivity index (χ0) is 15.4. The number of carbonyl (C=O) groups excluding carboxylic acids is 1. The highest BCUT2D eigenvalue weighted by molar-refractivity contribution is 5.89. The van der Waals surface area contributed by atoms with Gasteiger partial charge >= 0.3 is 11.9 Å². The van der Waals surface area contributed by atoms with E-state index >= 15 is 0 Å². The van der Waals surface area contributed by atoms with Crippen LogP contribution < -0.4 is 10.1 Å². The van der Waals surface area contributed by atoms with Crippen LogP contribution in [0.3, 0.4) is 0 Å². The maximum absolute atomic E-state index is 12.2. The molecule has 2 rings (SSSR count). The monoisotopic (exact) mass is 293 g/mol. The first-order valence-electron chi connectivity index (χ1n) is 6.45. The van der Waals surface area contributed by atoms with Gasteiger partial charge in [-0.1, -0.05) is 18.2 Å². The standard InChI is InChI=1S/C14H15NO6/c16-12(17)6-5-10(14(19)20)15-13(18)9-7-21-11-4-2-1-3-8(9)11/h1-4,9-10H,5-7H2,(H,15,18)(H,16,17)(H,19,20). The van der Waals surface area contributed by atoms with Gasteiger partial charge in [-0.3, -0.25) is 9.59 Å². The Morgan fingerprint density at radius 3 is 2.67 bits per heavy atom. The van der Waals surface area contributed by atoms with E-state index in [-0.39, 0.29) is 19.4 Å². The van der Waals surface area contributed by atoms with Crippen molar-refractivity contribution in [2.24, 2.45) is 0 Å². The first kappa shape index (κ1) is 14.8. The van der Waals surface area contributed by atoms with E-state index in [9.17, 15) is 14.4 Å². The van der Waals surface area contributed by atoms with Gasteiger partial charge < -0.3 is 20.3 Å². The van der Waals surface area contributed by atoms with Crippen LogP contribution in [0.25, 0.3) is 0 Å². The number of nitrogens with one attached hydrogen (secondary N) is 1. The molecule has 0 aliphatic carbocycles. The van der Waals surface area contributed by atoms with Crippen molar-refractivity contribution in [2.75, 3.05) is 6.61 Å². The van der Waals surface area contributed by atoms with Crippen LogP contribution in [0.2, 0.25) is 0 Å². The Morgan fingerprint density at radius 2 is 2.00 bits per heavy atom. The molecule has 1 aliphatic heterocycles. The van der Waals surface area contributed by atoms with Crippen LogP contribution in [0, 0.1) is 0 Å².